The van der Waals surface area contributed by atoms with Gasteiger partial charge in [-0.2, -0.15) is 0 Å². The second kappa shape index (κ2) is 6.18. The molecule has 4 aromatic rings. The van der Waals surface area contributed by atoms with Crippen molar-refractivity contribution in [2.24, 2.45) is 0 Å². The number of fused-ring (bicyclic) bond motifs is 1. The number of imidazole rings is 1. The Balaban J connectivity index is 1.65. The Labute approximate surface area is 148 Å². The zero-order valence-electron chi connectivity index (χ0n) is 13.8. The molecule has 25 heavy (non-hydrogen) atoms. The summed E-state index contributed by atoms with van der Waals surface area (Å²) in [5.41, 5.74) is 2.18. The average molecular weight is 352 g/mol. The maximum Gasteiger partial charge on any atom is 0.277 e. The van der Waals surface area contributed by atoms with Crippen molar-refractivity contribution in [1.82, 2.24) is 14.5 Å². The highest BCUT2D eigenvalue weighted by Crippen LogP contribution is 2.26. The molecule has 4 rings (SSSR count). The normalized spacial score (nSPS) is 11.3. The Morgan fingerprint density at radius 1 is 1.20 bits per heavy atom. The van der Waals surface area contributed by atoms with E-state index in [0.717, 1.165) is 11.0 Å². The fourth-order valence-electron chi connectivity index (χ4n) is 2.71. The summed E-state index contributed by atoms with van der Waals surface area (Å²) in [7, 11) is 0. The summed E-state index contributed by atoms with van der Waals surface area (Å²) in [4.78, 5) is 21.5. The molecule has 3 heterocycles. The number of benzene rings is 1. The summed E-state index contributed by atoms with van der Waals surface area (Å²) in [5, 5.41) is 5.27. The van der Waals surface area contributed by atoms with E-state index in [4.69, 9.17) is 4.42 Å². The third-order valence-electron chi connectivity index (χ3n) is 3.81. The molecule has 0 spiro atoms. The SMILES string of the molecule is CC(C)n1c(NC(=O)c2csc(-c3ccco3)n2)nc2ccccc21. The number of amides is 1. The van der Waals surface area contributed by atoms with E-state index in [1.165, 1.54) is 11.3 Å². The van der Waals surface area contributed by atoms with Crippen molar-refractivity contribution in [2.45, 2.75) is 19.9 Å². The van der Waals surface area contributed by atoms with Gasteiger partial charge in [0.15, 0.2) is 10.8 Å². The summed E-state index contributed by atoms with van der Waals surface area (Å²) >= 11 is 1.37. The van der Waals surface area contributed by atoms with Crippen molar-refractivity contribution >= 4 is 34.2 Å². The average Bonchev–Trinajstić information content (AvgIpc) is 3.32. The smallest absolute Gasteiger partial charge is 0.277 e. The quantitative estimate of drug-likeness (QED) is 0.583. The molecule has 0 aliphatic rings. The Hall–Kier alpha value is -2.93. The number of rotatable bonds is 4. The molecular formula is C18H16N4O2S. The first-order valence-electron chi connectivity index (χ1n) is 7.91. The number of hydrogen-bond donors (Lipinski definition) is 1. The molecule has 1 aromatic carbocycles. The molecule has 0 atom stereocenters. The standard InChI is InChI=1S/C18H16N4O2S/c1-11(2)22-14-7-4-3-6-12(14)20-18(22)21-16(23)13-10-25-17(19-13)15-8-5-9-24-15/h3-11H,1-2H3,(H,20,21,23). The van der Waals surface area contributed by atoms with Gasteiger partial charge in [0.1, 0.15) is 5.69 Å². The first-order valence-corrected chi connectivity index (χ1v) is 8.79. The molecule has 0 bridgehead atoms. The number of carbonyl (C=O) groups excluding carboxylic acids is 1. The fraction of sp³-hybridized carbons (Fsp3) is 0.167. The lowest BCUT2D eigenvalue weighted by molar-refractivity contribution is 0.102. The van der Waals surface area contributed by atoms with E-state index in [9.17, 15) is 4.79 Å². The molecule has 0 aliphatic carbocycles. The molecule has 6 nitrogen and oxygen atoms in total. The van der Waals surface area contributed by atoms with Gasteiger partial charge in [-0.25, -0.2) is 9.97 Å². The van der Waals surface area contributed by atoms with Crippen LogP contribution in [0, 0.1) is 0 Å². The number of aromatic nitrogens is 3. The number of anilines is 1. The molecule has 1 amide bonds. The fourth-order valence-corrected chi connectivity index (χ4v) is 3.48. The van der Waals surface area contributed by atoms with Gasteiger partial charge < -0.3 is 8.98 Å². The number of nitrogens with zero attached hydrogens (tertiary/aromatic N) is 3. The Morgan fingerprint density at radius 3 is 2.80 bits per heavy atom. The van der Waals surface area contributed by atoms with Gasteiger partial charge in [-0.05, 0) is 38.1 Å². The van der Waals surface area contributed by atoms with Gasteiger partial charge >= 0.3 is 0 Å². The Morgan fingerprint density at radius 2 is 2.04 bits per heavy atom. The highest BCUT2D eigenvalue weighted by atomic mass is 32.1. The van der Waals surface area contributed by atoms with Gasteiger partial charge in [0, 0.05) is 11.4 Å². The minimum Gasteiger partial charge on any atom is -0.462 e. The number of nitrogens with one attached hydrogen (secondary N) is 1. The maximum atomic E-state index is 12.6. The molecule has 3 aromatic heterocycles. The summed E-state index contributed by atoms with van der Waals surface area (Å²) in [6.45, 7) is 4.11. The topological polar surface area (TPSA) is 73.0 Å². The molecule has 0 radical (unpaired) electrons. The lowest BCUT2D eigenvalue weighted by atomic mass is 10.3. The van der Waals surface area contributed by atoms with Crippen molar-refractivity contribution in [3.8, 4) is 10.8 Å². The van der Waals surface area contributed by atoms with Crippen molar-refractivity contribution < 1.29 is 9.21 Å². The third-order valence-corrected chi connectivity index (χ3v) is 4.66. The van der Waals surface area contributed by atoms with Crippen LogP contribution < -0.4 is 5.32 Å². The van der Waals surface area contributed by atoms with Crippen molar-refractivity contribution in [3.05, 3.63) is 53.7 Å². The Bertz CT molecular complexity index is 1030. The van der Waals surface area contributed by atoms with E-state index in [-0.39, 0.29) is 11.9 Å². The van der Waals surface area contributed by atoms with Crippen molar-refractivity contribution in [3.63, 3.8) is 0 Å². The highest BCUT2D eigenvalue weighted by molar-refractivity contribution is 7.13. The monoisotopic (exact) mass is 352 g/mol. The zero-order valence-corrected chi connectivity index (χ0v) is 14.6. The summed E-state index contributed by atoms with van der Waals surface area (Å²) < 4.78 is 7.33. The summed E-state index contributed by atoms with van der Waals surface area (Å²) in [6, 6.07) is 11.6. The van der Waals surface area contributed by atoms with Crippen molar-refractivity contribution in [1.29, 1.82) is 0 Å². The van der Waals surface area contributed by atoms with Crippen LogP contribution in [-0.4, -0.2) is 20.4 Å². The van der Waals surface area contributed by atoms with Crippen LogP contribution in [-0.2, 0) is 0 Å². The Kier molecular flexibility index (Phi) is 3.85. The largest absolute Gasteiger partial charge is 0.462 e. The number of hydrogen-bond acceptors (Lipinski definition) is 5. The van der Waals surface area contributed by atoms with E-state index in [2.05, 4.69) is 29.1 Å². The number of carbonyl (C=O) groups is 1. The van der Waals surface area contributed by atoms with Crippen LogP contribution in [0.5, 0.6) is 0 Å². The van der Waals surface area contributed by atoms with Crippen LogP contribution in [0.25, 0.3) is 21.8 Å². The summed E-state index contributed by atoms with van der Waals surface area (Å²) in [5.74, 6) is 0.887. The molecule has 126 valence electrons. The van der Waals surface area contributed by atoms with Gasteiger partial charge in [0.2, 0.25) is 5.95 Å². The lowest BCUT2D eigenvalue weighted by Gasteiger charge is -2.12. The van der Waals surface area contributed by atoms with Crippen molar-refractivity contribution in [2.75, 3.05) is 5.32 Å². The van der Waals surface area contributed by atoms with Gasteiger partial charge in [-0.3, -0.25) is 10.1 Å². The van der Waals surface area contributed by atoms with Crippen LogP contribution in [0.4, 0.5) is 5.95 Å². The predicted molar refractivity (Wildman–Crippen MR) is 97.9 cm³/mol. The number of thiazole rings is 1. The molecule has 0 saturated carbocycles. The first kappa shape index (κ1) is 15.6. The maximum absolute atomic E-state index is 12.6. The van der Waals surface area contributed by atoms with Gasteiger partial charge in [-0.15, -0.1) is 11.3 Å². The molecule has 1 N–H and O–H groups in total. The van der Waals surface area contributed by atoms with Crippen LogP contribution >= 0.6 is 11.3 Å². The highest BCUT2D eigenvalue weighted by Gasteiger charge is 2.18. The molecule has 0 saturated heterocycles. The second-order valence-corrected chi connectivity index (χ2v) is 6.72. The summed E-state index contributed by atoms with van der Waals surface area (Å²) in [6.07, 6.45) is 1.58. The third kappa shape index (κ3) is 2.83. The van der Waals surface area contributed by atoms with E-state index in [1.807, 2.05) is 34.9 Å². The van der Waals surface area contributed by atoms with Crippen LogP contribution in [0.2, 0.25) is 0 Å². The molecule has 0 fully saturated rings. The second-order valence-electron chi connectivity index (χ2n) is 5.86. The number of para-hydroxylation sites is 2. The minimum absolute atomic E-state index is 0.164. The van der Waals surface area contributed by atoms with Gasteiger partial charge in [0.25, 0.3) is 5.91 Å². The number of furan rings is 1. The molecular weight excluding hydrogens is 336 g/mol. The van der Waals surface area contributed by atoms with Gasteiger partial charge in [-0.1, -0.05) is 12.1 Å². The van der Waals surface area contributed by atoms with Crippen LogP contribution in [0.3, 0.4) is 0 Å². The molecule has 7 heteroatoms. The van der Waals surface area contributed by atoms with E-state index < -0.39 is 0 Å². The zero-order chi connectivity index (χ0) is 17.4. The predicted octanol–water partition coefficient (Wildman–Crippen LogP) is 4.59. The first-order chi connectivity index (χ1) is 12.1. The molecule has 0 unspecified atom stereocenters. The van der Waals surface area contributed by atoms with Crippen LogP contribution in [0.1, 0.15) is 30.4 Å². The van der Waals surface area contributed by atoms with E-state index >= 15 is 0 Å². The van der Waals surface area contributed by atoms with E-state index in [0.29, 0.717) is 22.4 Å². The van der Waals surface area contributed by atoms with Crippen LogP contribution in [0.15, 0.2) is 52.5 Å². The van der Waals surface area contributed by atoms with Gasteiger partial charge in [0.05, 0.1) is 17.3 Å². The minimum atomic E-state index is -0.286. The van der Waals surface area contributed by atoms with E-state index in [1.54, 1.807) is 17.7 Å². The molecule has 0 aliphatic heterocycles. The lowest BCUT2D eigenvalue weighted by Crippen LogP contribution is -2.17.